The van der Waals surface area contributed by atoms with Crippen LogP contribution >= 0.6 is 0 Å². The Hall–Kier alpha value is -1.09. The second-order valence-electron chi connectivity index (χ2n) is 2.62. The fraction of sp³-hybridized carbons (Fsp3) is 0.444. The highest BCUT2D eigenvalue weighted by atomic mass is 15.3. The number of nitrogens with one attached hydrogen (secondary N) is 1. The van der Waals surface area contributed by atoms with Gasteiger partial charge in [-0.1, -0.05) is 6.08 Å². The Morgan fingerprint density at radius 1 is 1.75 bits per heavy atom. The molecule has 0 aliphatic heterocycles. The summed E-state index contributed by atoms with van der Waals surface area (Å²) < 4.78 is 1.92. The molecule has 1 rings (SSSR count). The van der Waals surface area contributed by atoms with E-state index < -0.39 is 0 Å². The summed E-state index contributed by atoms with van der Waals surface area (Å²) >= 11 is 0. The predicted molar refractivity (Wildman–Crippen MR) is 49.8 cm³/mol. The lowest BCUT2D eigenvalue weighted by atomic mass is 10.3. The predicted octanol–water partition coefficient (Wildman–Crippen LogP) is 1.18. The highest BCUT2D eigenvalue weighted by molar-refractivity contribution is 5.03. The molecule has 3 nitrogen and oxygen atoms in total. The van der Waals surface area contributed by atoms with Gasteiger partial charge in [0.05, 0.1) is 6.20 Å². The molecule has 1 heterocycles. The highest BCUT2D eigenvalue weighted by Gasteiger charge is 1.94. The maximum atomic E-state index is 4.16. The minimum Gasteiger partial charge on any atom is -0.309 e. The quantitative estimate of drug-likeness (QED) is 0.524. The molecule has 0 aliphatic rings. The molecule has 0 unspecified atom stereocenters. The lowest BCUT2D eigenvalue weighted by molar-refractivity contribution is 0.658. The van der Waals surface area contributed by atoms with Crippen molar-refractivity contribution in [2.75, 3.05) is 6.54 Å². The third-order valence-corrected chi connectivity index (χ3v) is 1.63. The van der Waals surface area contributed by atoms with E-state index in [9.17, 15) is 0 Å². The smallest absolute Gasteiger partial charge is 0.0534 e. The first kappa shape index (κ1) is 9.00. The zero-order valence-electron chi connectivity index (χ0n) is 7.45. The summed E-state index contributed by atoms with van der Waals surface area (Å²) in [6.45, 7) is 8.35. The van der Waals surface area contributed by atoms with E-state index >= 15 is 0 Å². The number of rotatable bonds is 5. The highest BCUT2D eigenvalue weighted by Crippen LogP contribution is 1.96. The molecule has 0 bridgehead atoms. The summed E-state index contributed by atoms with van der Waals surface area (Å²) in [7, 11) is 0. The van der Waals surface area contributed by atoms with Crippen LogP contribution in [0.4, 0.5) is 0 Å². The van der Waals surface area contributed by atoms with Crippen LogP contribution in [0.3, 0.4) is 0 Å². The third kappa shape index (κ3) is 2.51. The molecule has 0 radical (unpaired) electrons. The summed E-state index contributed by atoms with van der Waals surface area (Å²) in [5.74, 6) is 0. The monoisotopic (exact) mass is 165 g/mol. The summed E-state index contributed by atoms with van der Waals surface area (Å²) in [6, 6.07) is 0. The molecule has 0 fully saturated rings. The van der Waals surface area contributed by atoms with Crippen LogP contribution in [-0.4, -0.2) is 16.3 Å². The van der Waals surface area contributed by atoms with E-state index in [0.29, 0.717) is 0 Å². The second kappa shape index (κ2) is 4.72. The zero-order chi connectivity index (χ0) is 8.81. The van der Waals surface area contributed by atoms with E-state index in [1.165, 1.54) is 5.56 Å². The van der Waals surface area contributed by atoms with Crippen molar-refractivity contribution >= 4 is 0 Å². The summed E-state index contributed by atoms with van der Waals surface area (Å²) in [6.07, 6.45) is 5.79. The first-order chi connectivity index (χ1) is 5.86. The first-order valence-electron chi connectivity index (χ1n) is 4.19. The van der Waals surface area contributed by atoms with Crippen LogP contribution in [0.2, 0.25) is 0 Å². The Labute approximate surface area is 73.1 Å². The van der Waals surface area contributed by atoms with Gasteiger partial charge in [0.15, 0.2) is 0 Å². The normalized spacial score (nSPS) is 10.1. The van der Waals surface area contributed by atoms with Gasteiger partial charge < -0.3 is 5.32 Å². The number of hydrogen-bond donors (Lipinski definition) is 1. The summed E-state index contributed by atoms with van der Waals surface area (Å²) in [4.78, 5) is 0. The molecule has 3 heteroatoms. The van der Waals surface area contributed by atoms with Crippen LogP contribution in [0, 0.1) is 0 Å². The lowest BCUT2D eigenvalue weighted by Crippen LogP contribution is -2.11. The molecule has 0 aliphatic carbocycles. The molecule has 1 aromatic rings. The number of nitrogens with zero attached hydrogens (tertiary/aromatic N) is 2. The van der Waals surface area contributed by atoms with Gasteiger partial charge in [0.1, 0.15) is 0 Å². The van der Waals surface area contributed by atoms with E-state index in [1.807, 2.05) is 17.0 Å². The molecule has 0 saturated carbocycles. The van der Waals surface area contributed by atoms with Gasteiger partial charge in [0.25, 0.3) is 0 Å². The molecule has 1 aromatic heterocycles. The van der Waals surface area contributed by atoms with Crippen LogP contribution < -0.4 is 5.32 Å². The van der Waals surface area contributed by atoms with Gasteiger partial charge in [-0.25, -0.2) is 0 Å². The van der Waals surface area contributed by atoms with Crippen molar-refractivity contribution in [2.24, 2.45) is 0 Å². The van der Waals surface area contributed by atoms with E-state index in [0.717, 1.165) is 19.6 Å². The van der Waals surface area contributed by atoms with Crippen LogP contribution in [-0.2, 0) is 13.1 Å². The van der Waals surface area contributed by atoms with Gasteiger partial charge in [-0.2, -0.15) is 5.10 Å². The van der Waals surface area contributed by atoms with Crippen molar-refractivity contribution in [3.63, 3.8) is 0 Å². The standard InChI is InChI=1S/C9H15N3/c1-3-5-10-6-9-7-11-12(4-2)8-9/h3,7-8,10H,1,4-6H2,2H3. The van der Waals surface area contributed by atoms with E-state index in [4.69, 9.17) is 0 Å². The van der Waals surface area contributed by atoms with Crippen molar-refractivity contribution < 1.29 is 0 Å². The Morgan fingerprint density at radius 2 is 2.58 bits per heavy atom. The average molecular weight is 165 g/mol. The van der Waals surface area contributed by atoms with Crippen molar-refractivity contribution in [1.82, 2.24) is 15.1 Å². The van der Waals surface area contributed by atoms with Gasteiger partial charge in [-0.15, -0.1) is 6.58 Å². The van der Waals surface area contributed by atoms with Crippen molar-refractivity contribution in [2.45, 2.75) is 20.0 Å². The second-order valence-corrected chi connectivity index (χ2v) is 2.62. The average Bonchev–Trinajstić information content (AvgIpc) is 2.53. The molecule has 0 spiro atoms. The number of aryl methyl sites for hydroxylation is 1. The van der Waals surface area contributed by atoms with Gasteiger partial charge >= 0.3 is 0 Å². The summed E-state index contributed by atoms with van der Waals surface area (Å²) in [5, 5.41) is 7.38. The maximum Gasteiger partial charge on any atom is 0.0534 e. The van der Waals surface area contributed by atoms with Gasteiger partial charge in [-0.3, -0.25) is 4.68 Å². The first-order valence-corrected chi connectivity index (χ1v) is 4.19. The number of aromatic nitrogens is 2. The Kier molecular flexibility index (Phi) is 3.54. The van der Waals surface area contributed by atoms with E-state index in [2.05, 4.69) is 30.1 Å². The molecule has 0 amide bonds. The minimum absolute atomic E-state index is 0.845. The van der Waals surface area contributed by atoms with Gasteiger partial charge in [-0.05, 0) is 6.92 Å². The molecule has 12 heavy (non-hydrogen) atoms. The largest absolute Gasteiger partial charge is 0.309 e. The fourth-order valence-corrected chi connectivity index (χ4v) is 0.989. The Balaban J connectivity index is 2.36. The van der Waals surface area contributed by atoms with Crippen molar-refractivity contribution in [3.8, 4) is 0 Å². The van der Waals surface area contributed by atoms with Crippen LogP contribution in [0.15, 0.2) is 25.0 Å². The van der Waals surface area contributed by atoms with Gasteiger partial charge in [0, 0.05) is 31.4 Å². The summed E-state index contributed by atoms with van der Waals surface area (Å²) in [5.41, 5.74) is 1.22. The van der Waals surface area contributed by atoms with Crippen LogP contribution in [0.5, 0.6) is 0 Å². The minimum atomic E-state index is 0.845. The van der Waals surface area contributed by atoms with Crippen molar-refractivity contribution in [3.05, 3.63) is 30.6 Å². The molecule has 66 valence electrons. The fourth-order valence-electron chi connectivity index (χ4n) is 0.989. The molecule has 0 atom stereocenters. The third-order valence-electron chi connectivity index (χ3n) is 1.63. The van der Waals surface area contributed by atoms with Gasteiger partial charge in [0.2, 0.25) is 0 Å². The maximum absolute atomic E-state index is 4.16. The molecular weight excluding hydrogens is 150 g/mol. The van der Waals surface area contributed by atoms with Crippen LogP contribution in [0.25, 0.3) is 0 Å². The Morgan fingerprint density at radius 3 is 3.17 bits per heavy atom. The number of hydrogen-bond acceptors (Lipinski definition) is 2. The van der Waals surface area contributed by atoms with Crippen molar-refractivity contribution in [1.29, 1.82) is 0 Å². The zero-order valence-corrected chi connectivity index (χ0v) is 7.45. The van der Waals surface area contributed by atoms with E-state index in [1.54, 1.807) is 0 Å². The topological polar surface area (TPSA) is 29.9 Å². The Bertz CT molecular complexity index is 240. The molecular formula is C9H15N3. The SMILES string of the molecule is C=CCNCc1cnn(CC)c1. The van der Waals surface area contributed by atoms with Crippen LogP contribution in [0.1, 0.15) is 12.5 Å². The van der Waals surface area contributed by atoms with E-state index in [-0.39, 0.29) is 0 Å². The molecule has 0 aromatic carbocycles. The molecule has 0 saturated heterocycles. The molecule has 1 N–H and O–H groups in total. The lowest BCUT2D eigenvalue weighted by Gasteiger charge is -1.96.